The molecule has 1 N–H and O–H groups in total. The molecule has 0 aromatic carbocycles. The number of aliphatic hydroxyl groups excluding tert-OH is 1. The van der Waals surface area contributed by atoms with Crippen molar-refractivity contribution < 1.29 is 5.11 Å². The third kappa shape index (κ3) is 2.92. The van der Waals surface area contributed by atoms with Gasteiger partial charge in [0.25, 0.3) is 0 Å². The van der Waals surface area contributed by atoms with Crippen molar-refractivity contribution >= 4 is 0 Å². The van der Waals surface area contributed by atoms with Gasteiger partial charge in [-0.2, -0.15) is 0 Å². The summed E-state index contributed by atoms with van der Waals surface area (Å²) in [4.78, 5) is 4.21. The molecule has 1 unspecified atom stereocenters. The van der Waals surface area contributed by atoms with E-state index in [1.165, 1.54) is 12.8 Å². The van der Waals surface area contributed by atoms with Gasteiger partial charge in [0.15, 0.2) is 0 Å². The van der Waals surface area contributed by atoms with Crippen LogP contribution in [0.1, 0.15) is 33.1 Å². The molecule has 13 heavy (non-hydrogen) atoms. The Kier molecular flexibility index (Phi) is 4.09. The highest BCUT2D eigenvalue weighted by Gasteiger charge is 2.16. The molecule has 3 heteroatoms. The van der Waals surface area contributed by atoms with Crippen LogP contribution in [0.3, 0.4) is 0 Å². The van der Waals surface area contributed by atoms with Gasteiger partial charge in [-0.3, -0.25) is 0 Å². The first-order valence-corrected chi connectivity index (χ1v) is 5.14. The number of rotatable bonds is 5. The van der Waals surface area contributed by atoms with Crippen LogP contribution >= 0.6 is 0 Å². The van der Waals surface area contributed by atoms with Crippen molar-refractivity contribution in [1.82, 2.24) is 9.80 Å². The van der Waals surface area contributed by atoms with Gasteiger partial charge in [-0.05, 0) is 12.8 Å². The maximum Gasteiger partial charge on any atom is 0.127 e. The zero-order valence-corrected chi connectivity index (χ0v) is 8.61. The highest BCUT2D eigenvalue weighted by molar-refractivity contribution is 4.91. The Morgan fingerprint density at radius 2 is 2.15 bits per heavy atom. The van der Waals surface area contributed by atoms with E-state index in [1.54, 1.807) is 0 Å². The molecule has 1 aliphatic heterocycles. The molecule has 0 aromatic heterocycles. The Balaban J connectivity index is 2.25. The Bertz CT molecular complexity index is 170. The van der Waals surface area contributed by atoms with Crippen LogP contribution in [0.25, 0.3) is 0 Å². The molecule has 1 heterocycles. The lowest BCUT2D eigenvalue weighted by Crippen LogP contribution is -2.33. The Labute approximate surface area is 80.6 Å². The molecule has 0 aromatic rings. The van der Waals surface area contributed by atoms with Crippen molar-refractivity contribution in [3.8, 4) is 0 Å². The van der Waals surface area contributed by atoms with Gasteiger partial charge >= 0.3 is 0 Å². The van der Waals surface area contributed by atoms with Crippen LogP contribution in [-0.2, 0) is 0 Å². The largest absolute Gasteiger partial charge is 0.374 e. The molecular formula is C10H20N2O. The number of hydrogen-bond acceptors (Lipinski definition) is 3. The Morgan fingerprint density at radius 3 is 2.77 bits per heavy atom. The second-order valence-corrected chi connectivity index (χ2v) is 3.51. The fourth-order valence-electron chi connectivity index (χ4n) is 1.42. The van der Waals surface area contributed by atoms with Crippen molar-refractivity contribution in [3.05, 3.63) is 12.4 Å². The predicted molar refractivity (Wildman–Crippen MR) is 53.8 cm³/mol. The van der Waals surface area contributed by atoms with E-state index < -0.39 is 0 Å². The van der Waals surface area contributed by atoms with Gasteiger partial charge in [-0.15, -0.1) is 0 Å². The van der Waals surface area contributed by atoms with Gasteiger partial charge in [0.2, 0.25) is 0 Å². The average Bonchev–Trinajstić information content (AvgIpc) is 2.62. The summed E-state index contributed by atoms with van der Waals surface area (Å²) in [6.45, 7) is 6.13. The molecule has 0 fully saturated rings. The van der Waals surface area contributed by atoms with E-state index in [2.05, 4.69) is 18.0 Å². The van der Waals surface area contributed by atoms with Gasteiger partial charge in [0.1, 0.15) is 6.23 Å². The minimum atomic E-state index is -0.317. The number of unbranched alkanes of at least 4 members (excludes halogenated alkanes) is 1. The number of aliphatic hydroxyl groups is 1. The predicted octanol–water partition coefficient (Wildman–Crippen LogP) is 1.56. The van der Waals surface area contributed by atoms with E-state index in [0.29, 0.717) is 0 Å². The third-order valence-corrected chi connectivity index (χ3v) is 2.36. The van der Waals surface area contributed by atoms with Crippen LogP contribution in [0.15, 0.2) is 12.4 Å². The summed E-state index contributed by atoms with van der Waals surface area (Å²) >= 11 is 0. The summed E-state index contributed by atoms with van der Waals surface area (Å²) in [5.41, 5.74) is 0. The third-order valence-electron chi connectivity index (χ3n) is 2.36. The second kappa shape index (κ2) is 5.12. The summed E-state index contributed by atoms with van der Waals surface area (Å²) < 4.78 is 0. The van der Waals surface area contributed by atoms with Crippen LogP contribution in [0.4, 0.5) is 0 Å². The van der Waals surface area contributed by atoms with Gasteiger partial charge < -0.3 is 14.9 Å². The monoisotopic (exact) mass is 184 g/mol. The van der Waals surface area contributed by atoms with Gasteiger partial charge in [-0.1, -0.05) is 20.3 Å². The SMILES string of the molecule is CCCCN1C=CN(C(O)CC)C1. The lowest BCUT2D eigenvalue weighted by Gasteiger charge is -2.24. The quantitative estimate of drug-likeness (QED) is 0.702. The van der Waals surface area contributed by atoms with Crippen LogP contribution in [0.5, 0.6) is 0 Å². The first-order valence-electron chi connectivity index (χ1n) is 5.14. The van der Waals surface area contributed by atoms with E-state index in [1.807, 2.05) is 18.0 Å². The standard InChI is InChI=1S/C10H20N2O/c1-3-5-6-11-7-8-12(9-11)10(13)4-2/h7-8,10,13H,3-6,9H2,1-2H3. The van der Waals surface area contributed by atoms with E-state index in [-0.39, 0.29) is 6.23 Å². The van der Waals surface area contributed by atoms with Gasteiger partial charge in [0.05, 0.1) is 6.67 Å². The van der Waals surface area contributed by atoms with Crippen LogP contribution in [-0.4, -0.2) is 34.3 Å². The Morgan fingerprint density at radius 1 is 1.38 bits per heavy atom. The average molecular weight is 184 g/mol. The molecule has 1 rings (SSSR count). The first kappa shape index (κ1) is 10.4. The Hall–Kier alpha value is -0.700. The molecule has 3 nitrogen and oxygen atoms in total. The molecule has 1 aliphatic rings. The maximum atomic E-state index is 9.55. The van der Waals surface area contributed by atoms with Crippen molar-refractivity contribution in [2.45, 2.75) is 39.3 Å². The zero-order chi connectivity index (χ0) is 9.68. The van der Waals surface area contributed by atoms with E-state index in [4.69, 9.17) is 0 Å². The molecule has 0 saturated carbocycles. The fourth-order valence-corrected chi connectivity index (χ4v) is 1.42. The number of nitrogens with zero attached hydrogens (tertiary/aromatic N) is 2. The maximum absolute atomic E-state index is 9.55. The first-order chi connectivity index (χ1) is 6.27. The van der Waals surface area contributed by atoms with Crippen molar-refractivity contribution in [3.63, 3.8) is 0 Å². The molecule has 0 radical (unpaired) electrons. The molecule has 1 atom stereocenters. The second-order valence-electron chi connectivity index (χ2n) is 3.51. The molecular weight excluding hydrogens is 164 g/mol. The van der Waals surface area contributed by atoms with Crippen molar-refractivity contribution in [2.75, 3.05) is 13.2 Å². The molecule has 0 saturated heterocycles. The topological polar surface area (TPSA) is 26.7 Å². The van der Waals surface area contributed by atoms with Gasteiger partial charge in [-0.25, -0.2) is 0 Å². The number of hydrogen-bond donors (Lipinski definition) is 1. The van der Waals surface area contributed by atoms with Crippen LogP contribution in [0, 0.1) is 0 Å². The summed E-state index contributed by atoms with van der Waals surface area (Å²) in [7, 11) is 0. The normalized spacial score (nSPS) is 18.4. The van der Waals surface area contributed by atoms with Crippen molar-refractivity contribution in [1.29, 1.82) is 0 Å². The molecule has 0 spiro atoms. The lowest BCUT2D eigenvalue weighted by atomic mass is 10.3. The highest BCUT2D eigenvalue weighted by atomic mass is 16.3. The summed E-state index contributed by atoms with van der Waals surface area (Å²) in [6, 6.07) is 0. The fraction of sp³-hybridized carbons (Fsp3) is 0.800. The van der Waals surface area contributed by atoms with E-state index in [9.17, 15) is 5.11 Å². The minimum absolute atomic E-state index is 0.317. The molecule has 0 amide bonds. The van der Waals surface area contributed by atoms with E-state index in [0.717, 1.165) is 19.6 Å². The molecule has 0 aliphatic carbocycles. The van der Waals surface area contributed by atoms with E-state index >= 15 is 0 Å². The zero-order valence-electron chi connectivity index (χ0n) is 8.61. The summed E-state index contributed by atoms with van der Waals surface area (Å²) in [5, 5.41) is 9.55. The molecule has 0 bridgehead atoms. The van der Waals surface area contributed by atoms with Crippen molar-refractivity contribution in [2.24, 2.45) is 0 Å². The highest BCUT2D eigenvalue weighted by Crippen LogP contribution is 2.11. The van der Waals surface area contributed by atoms with Gasteiger partial charge in [0, 0.05) is 18.9 Å². The molecule has 76 valence electrons. The summed E-state index contributed by atoms with van der Waals surface area (Å²) in [6.07, 6.45) is 6.95. The lowest BCUT2D eigenvalue weighted by molar-refractivity contribution is 0.0229. The van der Waals surface area contributed by atoms with Crippen LogP contribution < -0.4 is 0 Å². The smallest absolute Gasteiger partial charge is 0.127 e. The van der Waals surface area contributed by atoms with Crippen LogP contribution in [0.2, 0.25) is 0 Å². The minimum Gasteiger partial charge on any atom is -0.374 e. The summed E-state index contributed by atoms with van der Waals surface area (Å²) in [5.74, 6) is 0.